The summed E-state index contributed by atoms with van der Waals surface area (Å²) < 4.78 is 2.19. The number of aromatic nitrogens is 1. The standard InChI is InChI=1S/C18H15Cl2N/c1-12-11-21(17-9-7-16(20)8-10-17)13(2)18(12)14-3-5-15(19)6-4-14/h3-11H,1-2H3. The smallest absolute Gasteiger partial charge is 0.0453 e. The van der Waals surface area contributed by atoms with Crippen molar-refractivity contribution in [3.63, 3.8) is 0 Å². The molecule has 0 bridgehead atoms. The number of halogens is 2. The number of aryl methyl sites for hydroxylation is 1. The number of hydrogen-bond donors (Lipinski definition) is 0. The van der Waals surface area contributed by atoms with Gasteiger partial charge in [0.25, 0.3) is 0 Å². The van der Waals surface area contributed by atoms with Crippen molar-refractivity contribution in [1.82, 2.24) is 4.57 Å². The molecule has 0 aliphatic rings. The molecule has 0 N–H and O–H groups in total. The van der Waals surface area contributed by atoms with Crippen LogP contribution in [0.5, 0.6) is 0 Å². The van der Waals surface area contributed by atoms with Crippen molar-refractivity contribution in [1.29, 1.82) is 0 Å². The average Bonchev–Trinajstić information content (AvgIpc) is 2.76. The molecule has 0 aliphatic heterocycles. The lowest BCUT2D eigenvalue weighted by molar-refractivity contribution is 1.01. The molecule has 106 valence electrons. The summed E-state index contributed by atoms with van der Waals surface area (Å²) in [6.45, 7) is 4.26. The maximum Gasteiger partial charge on any atom is 0.0453 e. The molecule has 2 aromatic carbocycles. The van der Waals surface area contributed by atoms with Gasteiger partial charge in [0, 0.05) is 33.2 Å². The average molecular weight is 316 g/mol. The first-order valence-corrected chi connectivity index (χ1v) is 7.52. The van der Waals surface area contributed by atoms with E-state index in [0.29, 0.717) is 0 Å². The topological polar surface area (TPSA) is 4.93 Å². The molecule has 0 saturated carbocycles. The first kappa shape index (κ1) is 14.2. The highest BCUT2D eigenvalue weighted by atomic mass is 35.5. The molecule has 0 radical (unpaired) electrons. The third-order valence-electron chi connectivity index (χ3n) is 3.68. The second-order valence-corrected chi connectivity index (χ2v) is 6.00. The molecule has 3 heteroatoms. The van der Waals surface area contributed by atoms with Crippen LogP contribution in [0.3, 0.4) is 0 Å². The van der Waals surface area contributed by atoms with E-state index in [1.165, 1.54) is 22.4 Å². The Balaban J connectivity index is 2.12. The molecule has 0 atom stereocenters. The van der Waals surface area contributed by atoms with Crippen molar-refractivity contribution in [3.8, 4) is 16.8 Å². The summed E-state index contributed by atoms with van der Waals surface area (Å²) in [6, 6.07) is 15.8. The Kier molecular flexibility index (Phi) is 3.79. The van der Waals surface area contributed by atoms with Gasteiger partial charge in [0.1, 0.15) is 0 Å². The Morgan fingerprint density at radius 2 is 1.29 bits per heavy atom. The minimum atomic E-state index is 0.748. The Labute approximate surface area is 134 Å². The summed E-state index contributed by atoms with van der Waals surface area (Å²) >= 11 is 11.9. The molecule has 0 fully saturated rings. The zero-order valence-electron chi connectivity index (χ0n) is 11.9. The normalized spacial score (nSPS) is 10.9. The molecule has 0 aliphatic carbocycles. The Morgan fingerprint density at radius 1 is 0.762 bits per heavy atom. The fraction of sp³-hybridized carbons (Fsp3) is 0.111. The fourth-order valence-corrected chi connectivity index (χ4v) is 2.94. The lowest BCUT2D eigenvalue weighted by Crippen LogP contribution is -1.94. The van der Waals surface area contributed by atoms with Gasteiger partial charge in [-0.2, -0.15) is 0 Å². The molecule has 0 unspecified atom stereocenters. The van der Waals surface area contributed by atoms with Crippen LogP contribution in [-0.2, 0) is 0 Å². The molecule has 21 heavy (non-hydrogen) atoms. The highest BCUT2D eigenvalue weighted by molar-refractivity contribution is 6.30. The Morgan fingerprint density at radius 3 is 1.86 bits per heavy atom. The van der Waals surface area contributed by atoms with Crippen molar-refractivity contribution >= 4 is 23.2 Å². The lowest BCUT2D eigenvalue weighted by Gasteiger charge is -2.08. The van der Waals surface area contributed by atoms with E-state index in [1.54, 1.807) is 0 Å². The molecule has 1 aromatic heterocycles. The molecule has 3 aromatic rings. The van der Waals surface area contributed by atoms with E-state index in [0.717, 1.165) is 15.7 Å². The lowest BCUT2D eigenvalue weighted by atomic mass is 10.0. The van der Waals surface area contributed by atoms with Gasteiger partial charge in [-0.05, 0) is 61.4 Å². The summed E-state index contributed by atoms with van der Waals surface area (Å²) in [5, 5.41) is 1.50. The Bertz CT molecular complexity index is 768. The van der Waals surface area contributed by atoms with Crippen molar-refractivity contribution in [2.24, 2.45) is 0 Å². The molecule has 0 spiro atoms. The predicted octanol–water partition coefficient (Wildman–Crippen LogP) is 6.07. The van der Waals surface area contributed by atoms with E-state index < -0.39 is 0 Å². The summed E-state index contributed by atoms with van der Waals surface area (Å²) in [5.41, 5.74) is 5.99. The van der Waals surface area contributed by atoms with E-state index in [-0.39, 0.29) is 0 Å². The monoisotopic (exact) mass is 315 g/mol. The molecular formula is C18H15Cl2N. The zero-order valence-corrected chi connectivity index (χ0v) is 13.4. The zero-order chi connectivity index (χ0) is 15.0. The summed E-state index contributed by atoms with van der Waals surface area (Å²) in [7, 11) is 0. The largest absolute Gasteiger partial charge is 0.320 e. The van der Waals surface area contributed by atoms with Gasteiger partial charge >= 0.3 is 0 Å². The van der Waals surface area contributed by atoms with Gasteiger partial charge in [-0.15, -0.1) is 0 Å². The third-order valence-corrected chi connectivity index (χ3v) is 4.18. The van der Waals surface area contributed by atoms with E-state index in [2.05, 4.69) is 36.7 Å². The number of nitrogens with zero attached hydrogens (tertiary/aromatic N) is 1. The maximum atomic E-state index is 5.98. The van der Waals surface area contributed by atoms with Crippen LogP contribution >= 0.6 is 23.2 Å². The fourth-order valence-electron chi connectivity index (χ4n) is 2.68. The Hall–Kier alpha value is -1.70. The van der Waals surface area contributed by atoms with Crippen LogP contribution in [0.1, 0.15) is 11.3 Å². The minimum absolute atomic E-state index is 0.748. The van der Waals surface area contributed by atoms with Crippen molar-refractivity contribution in [2.75, 3.05) is 0 Å². The molecule has 0 saturated heterocycles. The molecule has 3 rings (SSSR count). The van der Waals surface area contributed by atoms with Crippen LogP contribution in [0.25, 0.3) is 16.8 Å². The first-order chi connectivity index (χ1) is 10.1. The van der Waals surface area contributed by atoms with Crippen molar-refractivity contribution in [2.45, 2.75) is 13.8 Å². The van der Waals surface area contributed by atoms with E-state index in [4.69, 9.17) is 23.2 Å². The van der Waals surface area contributed by atoms with E-state index in [9.17, 15) is 0 Å². The molecular weight excluding hydrogens is 301 g/mol. The van der Waals surface area contributed by atoms with Gasteiger partial charge in [-0.25, -0.2) is 0 Å². The van der Waals surface area contributed by atoms with Gasteiger partial charge in [-0.1, -0.05) is 35.3 Å². The van der Waals surface area contributed by atoms with Crippen LogP contribution in [0, 0.1) is 13.8 Å². The van der Waals surface area contributed by atoms with E-state index in [1.807, 2.05) is 36.4 Å². The van der Waals surface area contributed by atoms with E-state index >= 15 is 0 Å². The second-order valence-electron chi connectivity index (χ2n) is 5.13. The van der Waals surface area contributed by atoms with Crippen LogP contribution in [-0.4, -0.2) is 4.57 Å². The van der Waals surface area contributed by atoms with Gasteiger partial charge < -0.3 is 4.57 Å². The predicted molar refractivity (Wildman–Crippen MR) is 90.7 cm³/mol. The summed E-state index contributed by atoms with van der Waals surface area (Å²) in [4.78, 5) is 0. The highest BCUT2D eigenvalue weighted by Gasteiger charge is 2.12. The van der Waals surface area contributed by atoms with Crippen LogP contribution < -0.4 is 0 Å². The van der Waals surface area contributed by atoms with Crippen LogP contribution in [0.15, 0.2) is 54.7 Å². The minimum Gasteiger partial charge on any atom is -0.320 e. The molecule has 1 heterocycles. The summed E-state index contributed by atoms with van der Waals surface area (Å²) in [6.07, 6.45) is 2.16. The van der Waals surface area contributed by atoms with Crippen LogP contribution in [0.4, 0.5) is 0 Å². The summed E-state index contributed by atoms with van der Waals surface area (Å²) in [5.74, 6) is 0. The highest BCUT2D eigenvalue weighted by Crippen LogP contribution is 2.31. The van der Waals surface area contributed by atoms with Gasteiger partial charge in [0.2, 0.25) is 0 Å². The first-order valence-electron chi connectivity index (χ1n) is 6.76. The number of rotatable bonds is 2. The van der Waals surface area contributed by atoms with Gasteiger partial charge in [0.05, 0.1) is 0 Å². The van der Waals surface area contributed by atoms with Crippen molar-refractivity contribution in [3.05, 3.63) is 76.0 Å². The van der Waals surface area contributed by atoms with Gasteiger partial charge in [-0.3, -0.25) is 0 Å². The maximum absolute atomic E-state index is 5.98. The number of benzene rings is 2. The number of hydrogen-bond acceptors (Lipinski definition) is 0. The van der Waals surface area contributed by atoms with Gasteiger partial charge in [0.15, 0.2) is 0 Å². The second kappa shape index (κ2) is 5.59. The molecule has 1 nitrogen and oxygen atoms in total. The van der Waals surface area contributed by atoms with Crippen LogP contribution in [0.2, 0.25) is 10.0 Å². The quantitative estimate of drug-likeness (QED) is 0.541. The third kappa shape index (κ3) is 2.72. The van der Waals surface area contributed by atoms with Crippen molar-refractivity contribution < 1.29 is 0 Å². The SMILES string of the molecule is Cc1cn(-c2ccc(Cl)cc2)c(C)c1-c1ccc(Cl)cc1. The molecule has 0 amide bonds.